The fourth-order valence-corrected chi connectivity index (χ4v) is 2.86. The molecule has 0 aromatic heterocycles. The highest BCUT2D eigenvalue weighted by atomic mass is 16.7. The van der Waals surface area contributed by atoms with Crippen LogP contribution in [-0.4, -0.2) is 68.8 Å². The normalized spacial score (nSPS) is 32.3. The van der Waals surface area contributed by atoms with Crippen LogP contribution in [0.5, 0.6) is 17.2 Å². The second kappa shape index (κ2) is 6.10. The molecule has 5 N–H and O–H groups in total. The number of aliphatic hydroxyl groups is 3. The monoisotopic (exact) mass is 342 g/mol. The van der Waals surface area contributed by atoms with Gasteiger partial charge < -0.3 is 39.7 Å². The molecule has 3 rings (SSSR count). The number of rotatable bonds is 3. The lowest BCUT2D eigenvalue weighted by molar-refractivity contribution is -0.117. The maximum atomic E-state index is 11.8. The van der Waals surface area contributed by atoms with E-state index in [1.165, 1.54) is 0 Å². The van der Waals surface area contributed by atoms with E-state index in [1.54, 1.807) is 6.92 Å². The van der Waals surface area contributed by atoms with Gasteiger partial charge in [-0.05, 0) is 6.92 Å². The number of phenols is 2. The van der Waals surface area contributed by atoms with Crippen molar-refractivity contribution >= 4 is 5.97 Å². The van der Waals surface area contributed by atoms with Gasteiger partial charge in [-0.1, -0.05) is 0 Å². The van der Waals surface area contributed by atoms with E-state index in [9.17, 15) is 25.2 Å². The van der Waals surface area contributed by atoms with Crippen molar-refractivity contribution in [3.8, 4) is 17.2 Å². The number of phenolic OH excluding ortho intramolecular Hbond substituents is 2. The van der Waals surface area contributed by atoms with Gasteiger partial charge in [0.25, 0.3) is 0 Å². The van der Waals surface area contributed by atoms with Crippen LogP contribution in [0.25, 0.3) is 0 Å². The second-order valence-electron chi connectivity index (χ2n) is 5.84. The van der Waals surface area contributed by atoms with Crippen molar-refractivity contribution in [1.29, 1.82) is 0 Å². The molecule has 9 nitrogen and oxygen atoms in total. The van der Waals surface area contributed by atoms with Gasteiger partial charge in [0.15, 0.2) is 11.5 Å². The minimum atomic E-state index is -1.45. The van der Waals surface area contributed by atoms with Crippen molar-refractivity contribution in [2.45, 2.75) is 44.1 Å². The van der Waals surface area contributed by atoms with Crippen LogP contribution < -0.4 is 4.74 Å². The van der Waals surface area contributed by atoms with E-state index >= 15 is 0 Å². The highest BCUT2D eigenvalue weighted by Crippen LogP contribution is 2.42. The van der Waals surface area contributed by atoms with Crippen molar-refractivity contribution < 1.29 is 44.5 Å². The van der Waals surface area contributed by atoms with E-state index < -0.39 is 49.0 Å². The van der Waals surface area contributed by atoms with Gasteiger partial charge in [-0.2, -0.15) is 0 Å². The van der Waals surface area contributed by atoms with Crippen LogP contribution in [-0.2, 0) is 15.9 Å². The number of hydrogen-bond donors (Lipinski definition) is 5. The first kappa shape index (κ1) is 16.8. The highest BCUT2D eigenvalue weighted by Gasteiger charge is 2.44. The van der Waals surface area contributed by atoms with Crippen molar-refractivity contribution in [1.82, 2.24) is 0 Å². The average Bonchev–Trinajstić information content (AvgIpc) is 2.79. The fraction of sp³-hybridized carbons (Fsp3) is 0.533. The molecule has 1 aromatic rings. The van der Waals surface area contributed by atoms with E-state index in [0.29, 0.717) is 0 Å². The number of aromatic hydroxyl groups is 2. The minimum Gasteiger partial charge on any atom is -0.507 e. The predicted octanol–water partition coefficient (Wildman–Crippen LogP) is -0.983. The molecule has 5 atom stereocenters. The summed E-state index contributed by atoms with van der Waals surface area (Å²) in [7, 11) is 0. The van der Waals surface area contributed by atoms with Gasteiger partial charge >= 0.3 is 5.97 Å². The number of ether oxygens (including phenoxy) is 3. The smallest absolute Gasteiger partial charge is 0.342 e. The van der Waals surface area contributed by atoms with Crippen LogP contribution in [0.1, 0.15) is 22.8 Å². The van der Waals surface area contributed by atoms with Crippen molar-refractivity contribution in [2.75, 3.05) is 6.61 Å². The van der Waals surface area contributed by atoms with Crippen LogP contribution in [0, 0.1) is 0 Å². The number of esters is 1. The highest BCUT2D eigenvalue weighted by molar-refractivity contribution is 5.96. The molecule has 0 spiro atoms. The van der Waals surface area contributed by atoms with Gasteiger partial charge in [0.05, 0.1) is 6.61 Å². The molecule has 0 radical (unpaired) electrons. The summed E-state index contributed by atoms with van der Waals surface area (Å²) in [5.74, 6) is -1.80. The van der Waals surface area contributed by atoms with E-state index in [1.807, 2.05) is 0 Å². The SMILES string of the molecule is C[C@@H]1Cc2c(O)c(O[C@H]3O[C@H](CO)[C@@H](O)[C@H]3O)cc(O)c2C(=O)O1. The molecule has 9 heteroatoms. The molecule has 132 valence electrons. The number of hydrogen-bond acceptors (Lipinski definition) is 9. The van der Waals surface area contributed by atoms with Gasteiger partial charge in [0.2, 0.25) is 6.29 Å². The van der Waals surface area contributed by atoms with Crippen LogP contribution in [0.4, 0.5) is 0 Å². The molecule has 0 saturated carbocycles. The molecule has 0 bridgehead atoms. The molecule has 2 aliphatic heterocycles. The largest absolute Gasteiger partial charge is 0.507 e. The lowest BCUT2D eigenvalue weighted by Gasteiger charge is -2.25. The molecule has 24 heavy (non-hydrogen) atoms. The molecule has 1 saturated heterocycles. The van der Waals surface area contributed by atoms with E-state index in [-0.39, 0.29) is 29.0 Å². The zero-order valence-electron chi connectivity index (χ0n) is 12.7. The summed E-state index contributed by atoms with van der Waals surface area (Å²) >= 11 is 0. The molecular weight excluding hydrogens is 324 g/mol. The first-order valence-corrected chi connectivity index (χ1v) is 7.41. The zero-order valence-corrected chi connectivity index (χ0v) is 12.7. The summed E-state index contributed by atoms with van der Waals surface area (Å²) < 4.78 is 15.5. The number of carbonyl (C=O) groups is 1. The van der Waals surface area contributed by atoms with E-state index in [4.69, 9.17) is 19.3 Å². The third-order valence-corrected chi connectivity index (χ3v) is 4.09. The number of fused-ring (bicyclic) bond motifs is 1. The lowest BCUT2D eigenvalue weighted by atomic mass is 9.96. The standard InChI is InChI=1S/C15H18O9/c1-5-2-6-10(14(21)22-5)7(17)3-8(11(6)18)23-15-13(20)12(19)9(4-16)24-15/h3,5,9,12-13,15-20H,2,4H2,1H3/t5-,9-,12-,13-,15+/m1/s1. The predicted molar refractivity (Wildman–Crippen MR) is 76.7 cm³/mol. The number of aliphatic hydroxyl groups excluding tert-OH is 3. The summed E-state index contributed by atoms with van der Waals surface area (Å²) in [5, 5.41) is 49.0. The number of carbonyl (C=O) groups excluding carboxylic acids is 1. The maximum Gasteiger partial charge on any atom is 0.342 e. The molecule has 0 unspecified atom stereocenters. The second-order valence-corrected chi connectivity index (χ2v) is 5.84. The van der Waals surface area contributed by atoms with Gasteiger partial charge in [-0.25, -0.2) is 4.79 Å². The minimum absolute atomic E-state index is 0.140. The Hall–Kier alpha value is -2.07. The van der Waals surface area contributed by atoms with Gasteiger partial charge in [0, 0.05) is 18.1 Å². The Morgan fingerprint density at radius 2 is 2.00 bits per heavy atom. The Morgan fingerprint density at radius 1 is 1.29 bits per heavy atom. The first-order chi connectivity index (χ1) is 11.3. The molecular formula is C15H18O9. The summed E-state index contributed by atoms with van der Waals surface area (Å²) in [6, 6.07) is 1.00. The molecule has 1 fully saturated rings. The Labute approximate surface area is 136 Å². The Balaban J connectivity index is 1.92. The summed E-state index contributed by atoms with van der Waals surface area (Å²) in [5.41, 5.74) is 0.0274. The fourth-order valence-electron chi connectivity index (χ4n) is 2.86. The van der Waals surface area contributed by atoms with Gasteiger partial charge in [0.1, 0.15) is 35.7 Å². The quantitative estimate of drug-likeness (QED) is 0.345. The first-order valence-electron chi connectivity index (χ1n) is 7.41. The third-order valence-electron chi connectivity index (χ3n) is 4.09. The molecule has 1 aromatic carbocycles. The zero-order chi connectivity index (χ0) is 17.6. The lowest BCUT2D eigenvalue weighted by Crippen LogP contribution is -2.35. The summed E-state index contributed by atoms with van der Waals surface area (Å²) in [6.45, 7) is 1.11. The number of benzene rings is 1. The van der Waals surface area contributed by atoms with Crippen molar-refractivity contribution in [3.63, 3.8) is 0 Å². The van der Waals surface area contributed by atoms with E-state index in [2.05, 4.69) is 0 Å². The van der Waals surface area contributed by atoms with Crippen molar-refractivity contribution in [2.24, 2.45) is 0 Å². The van der Waals surface area contributed by atoms with Crippen molar-refractivity contribution in [3.05, 3.63) is 17.2 Å². The third kappa shape index (κ3) is 2.65. The van der Waals surface area contributed by atoms with Crippen LogP contribution >= 0.6 is 0 Å². The van der Waals surface area contributed by atoms with Crippen LogP contribution in [0.15, 0.2) is 6.07 Å². The summed E-state index contributed by atoms with van der Waals surface area (Å²) in [6.07, 6.45) is -5.51. The Morgan fingerprint density at radius 3 is 2.62 bits per heavy atom. The summed E-state index contributed by atoms with van der Waals surface area (Å²) in [4.78, 5) is 11.8. The van der Waals surface area contributed by atoms with Crippen LogP contribution in [0.2, 0.25) is 0 Å². The average molecular weight is 342 g/mol. The Kier molecular flexibility index (Phi) is 4.26. The molecule has 0 amide bonds. The molecule has 2 aliphatic rings. The van der Waals surface area contributed by atoms with Gasteiger partial charge in [-0.3, -0.25) is 0 Å². The molecule has 0 aliphatic carbocycles. The topological polar surface area (TPSA) is 146 Å². The van der Waals surface area contributed by atoms with E-state index in [0.717, 1.165) is 6.07 Å². The number of cyclic esters (lactones) is 1. The Bertz CT molecular complexity index is 659. The van der Waals surface area contributed by atoms with Crippen LogP contribution in [0.3, 0.4) is 0 Å². The van der Waals surface area contributed by atoms with Gasteiger partial charge in [-0.15, -0.1) is 0 Å². The maximum absolute atomic E-state index is 11.8. The molecule has 2 heterocycles.